The Hall–Kier alpha value is -1.78. The molecule has 0 saturated heterocycles. The van der Waals surface area contributed by atoms with Crippen LogP contribution in [0.1, 0.15) is 36.5 Å². The van der Waals surface area contributed by atoms with Crippen molar-refractivity contribution in [2.75, 3.05) is 12.3 Å². The predicted octanol–water partition coefficient (Wildman–Crippen LogP) is 2.68. The number of nitrogen functional groups attached to an aromatic ring is 1. The van der Waals surface area contributed by atoms with Crippen LogP contribution in [0.4, 0.5) is 10.1 Å². The van der Waals surface area contributed by atoms with Gasteiger partial charge in [0, 0.05) is 6.07 Å². The lowest BCUT2D eigenvalue weighted by Gasteiger charge is -2.09. The van der Waals surface area contributed by atoms with Gasteiger partial charge in [-0.2, -0.15) is 0 Å². The lowest BCUT2D eigenvalue weighted by Crippen LogP contribution is -2.05. The molecular weight excluding hydrogens is 225 g/mol. The van der Waals surface area contributed by atoms with Crippen molar-refractivity contribution in [3.63, 3.8) is 0 Å². The fourth-order valence-electron chi connectivity index (χ4n) is 1.39. The molecule has 0 amide bonds. The Balaban J connectivity index is 2.74. The number of hydrogen-bond donors (Lipinski definition) is 2. The lowest BCUT2D eigenvalue weighted by molar-refractivity contribution is 0.0692. The second kappa shape index (κ2) is 6.08. The number of unbranched alkanes of at least 4 members (excludes halogenated alkanes) is 2. The van der Waals surface area contributed by atoms with Crippen LogP contribution in [0.5, 0.6) is 5.75 Å². The lowest BCUT2D eigenvalue weighted by atomic mass is 10.2. The fourth-order valence-corrected chi connectivity index (χ4v) is 1.39. The second-order valence-electron chi connectivity index (χ2n) is 3.73. The average Bonchev–Trinajstić information content (AvgIpc) is 2.28. The van der Waals surface area contributed by atoms with E-state index in [1.165, 1.54) is 0 Å². The van der Waals surface area contributed by atoms with E-state index in [2.05, 4.69) is 6.92 Å². The molecule has 5 heteroatoms. The number of halogens is 1. The highest BCUT2D eigenvalue weighted by Crippen LogP contribution is 2.25. The molecule has 0 radical (unpaired) electrons. The Kier molecular flexibility index (Phi) is 4.75. The zero-order valence-electron chi connectivity index (χ0n) is 9.70. The van der Waals surface area contributed by atoms with E-state index in [4.69, 9.17) is 15.6 Å². The van der Waals surface area contributed by atoms with E-state index in [1.54, 1.807) is 0 Å². The Bertz CT molecular complexity index is 407. The monoisotopic (exact) mass is 241 g/mol. The maximum Gasteiger partial charge on any atom is 0.338 e. The first-order chi connectivity index (χ1) is 8.06. The second-order valence-corrected chi connectivity index (χ2v) is 3.73. The molecule has 0 aromatic heterocycles. The fraction of sp³-hybridized carbons (Fsp3) is 0.417. The average molecular weight is 241 g/mol. The topological polar surface area (TPSA) is 72.5 Å². The van der Waals surface area contributed by atoms with Gasteiger partial charge in [0.05, 0.1) is 17.9 Å². The van der Waals surface area contributed by atoms with Gasteiger partial charge in [-0.15, -0.1) is 0 Å². The van der Waals surface area contributed by atoms with Gasteiger partial charge < -0.3 is 15.6 Å². The minimum atomic E-state index is -1.34. The summed E-state index contributed by atoms with van der Waals surface area (Å²) in [6.07, 6.45) is 2.94. The molecule has 0 saturated carbocycles. The van der Waals surface area contributed by atoms with Gasteiger partial charge in [-0.05, 0) is 12.5 Å². The first kappa shape index (κ1) is 13.3. The van der Waals surface area contributed by atoms with Crippen LogP contribution in [-0.2, 0) is 0 Å². The van der Waals surface area contributed by atoms with E-state index < -0.39 is 17.3 Å². The summed E-state index contributed by atoms with van der Waals surface area (Å²) in [6.45, 7) is 2.51. The Morgan fingerprint density at radius 2 is 2.18 bits per heavy atom. The van der Waals surface area contributed by atoms with Crippen LogP contribution in [0.15, 0.2) is 12.1 Å². The largest absolute Gasteiger partial charge is 0.491 e. The summed E-state index contributed by atoms with van der Waals surface area (Å²) in [5.41, 5.74) is 5.29. The molecule has 0 bridgehead atoms. The quantitative estimate of drug-likeness (QED) is 0.593. The first-order valence-electron chi connectivity index (χ1n) is 5.51. The molecule has 0 heterocycles. The molecule has 0 unspecified atom stereocenters. The Morgan fingerprint density at radius 3 is 2.76 bits per heavy atom. The molecular formula is C12H16FNO3. The smallest absolute Gasteiger partial charge is 0.338 e. The van der Waals surface area contributed by atoms with Crippen molar-refractivity contribution in [2.45, 2.75) is 26.2 Å². The number of aromatic carboxylic acids is 1. The van der Waals surface area contributed by atoms with Crippen LogP contribution in [-0.4, -0.2) is 17.7 Å². The van der Waals surface area contributed by atoms with E-state index in [0.717, 1.165) is 31.4 Å². The molecule has 1 aromatic carbocycles. The third-order valence-corrected chi connectivity index (χ3v) is 2.34. The van der Waals surface area contributed by atoms with Crippen molar-refractivity contribution < 1.29 is 19.0 Å². The van der Waals surface area contributed by atoms with Crippen LogP contribution in [0.3, 0.4) is 0 Å². The third-order valence-electron chi connectivity index (χ3n) is 2.34. The molecule has 0 aliphatic heterocycles. The van der Waals surface area contributed by atoms with E-state index in [9.17, 15) is 9.18 Å². The molecule has 3 N–H and O–H groups in total. The minimum Gasteiger partial charge on any atom is -0.491 e. The van der Waals surface area contributed by atoms with Gasteiger partial charge in [0.25, 0.3) is 0 Å². The number of carboxylic acids is 1. The van der Waals surface area contributed by atoms with Gasteiger partial charge in [0.1, 0.15) is 11.6 Å². The third kappa shape index (κ3) is 3.62. The van der Waals surface area contributed by atoms with Crippen molar-refractivity contribution in [3.8, 4) is 5.75 Å². The number of benzene rings is 1. The van der Waals surface area contributed by atoms with Crippen molar-refractivity contribution in [3.05, 3.63) is 23.5 Å². The summed E-state index contributed by atoms with van der Waals surface area (Å²) in [5.74, 6) is -1.98. The normalized spacial score (nSPS) is 10.2. The highest BCUT2D eigenvalue weighted by Gasteiger charge is 2.14. The number of rotatable bonds is 6. The van der Waals surface area contributed by atoms with E-state index in [1.807, 2.05) is 0 Å². The first-order valence-corrected chi connectivity index (χ1v) is 5.51. The molecule has 0 spiro atoms. The Morgan fingerprint density at radius 1 is 1.47 bits per heavy atom. The standard InChI is InChI=1S/C12H16FNO3/c1-2-3-4-5-17-11-7-9(13)8(12(15)16)6-10(11)14/h6-7H,2-5,14H2,1H3,(H,15,16). The van der Waals surface area contributed by atoms with Crippen molar-refractivity contribution in [1.29, 1.82) is 0 Å². The van der Waals surface area contributed by atoms with Gasteiger partial charge >= 0.3 is 5.97 Å². The van der Waals surface area contributed by atoms with Crippen LogP contribution in [0.25, 0.3) is 0 Å². The number of anilines is 1. The van der Waals surface area contributed by atoms with E-state index in [0.29, 0.717) is 6.61 Å². The molecule has 17 heavy (non-hydrogen) atoms. The van der Waals surface area contributed by atoms with E-state index >= 15 is 0 Å². The number of hydrogen-bond acceptors (Lipinski definition) is 3. The molecule has 4 nitrogen and oxygen atoms in total. The SMILES string of the molecule is CCCCCOc1cc(F)c(C(=O)O)cc1N. The molecule has 1 rings (SSSR count). The minimum absolute atomic E-state index is 0.139. The van der Waals surface area contributed by atoms with Crippen LogP contribution in [0, 0.1) is 5.82 Å². The van der Waals surface area contributed by atoms with Gasteiger partial charge in [-0.25, -0.2) is 9.18 Å². The van der Waals surface area contributed by atoms with Gasteiger partial charge in [-0.3, -0.25) is 0 Å². The number of nitrogens with two attached hydrogens (primary N) is 1. The van der Waals surface area contributed by atoms with Gasteiger partial charge in [-0.1, -0.05) is 19.8 Å². The molecule has 0 atom stereocenters. The number of carboxylic acid groups (broad SMARTS) is 1. The highest BCUT2D eigenvalue weighted by molar-refractivity contribution is 5.89. The zero-order chi connectivity index (χ0) is 12.8. The highest BCUT2D eigenvalue weighted by atomic mass is 19.1. The molecule has 0 aliphatic carbocycles. The summed E-state index contributed by atoms with van der Waals surface area (Å²) in [4.78, 5) is 10.6. The zero-order valence-corrected chi connectivity index (χ0v) is 9.70. The number of carbonyl (C=O) groups is 1. The maximum absolute atomic E-state index is 13.3. The van der Waals surface area contributed by atoms with E-state index in [-0.39, 0.29) is 11.4 Å². The van der Waals surface area contributed by atoms with Crippen molar-refractivity contribution in [1.82, 2.24) is 0 Å². The molecule has 0 aliphatic rings. The van der Waals surface area contributed by atoms with Crippen molar-refractivity contribution in [2.24, 2.45) is 0 Å². The summed E-state index contributed by atoms with van der Waals surface area (Å²) in [7, 11) is 0. The van der Waals surface area contributed by atoms with Gasteiger partial charge in [0.15, 0.2) is 0 Å². The van der Waals surface area contributed by atoms with Crippen molar-refractivity contribution >= 4 is 11.7 Å². The maximum atomic E-state index is 13.3. The van der Waals surface area contributed by atoms with Crippen LogP contribution in [0.2, 0.25) is 0 Å². The van der Waals surface area contributed by atoms with Gasteiger partial charge in [0.2, 0.25) is 0 Å². The van der Waals surface area contributed by atoms with Crippen LogP contribution >= 0.6 is 0 Å². The summed E-state index contributed by atoms with van der Waals surface area (Å²) in [5, 5.41) is 8.69. The number of ether oxygens (including phenoxy) is 1. The molecule has 0 fully saturated rings. The Labute approximate surface area is 99.2 Å². The molecule has 1 aromatic rings. The summed E-state index contributed by atoms with van der Waals surface area (Å²) in [6, 6.07) is 2.09. The van der Waals surface area contributed by atoms with Crippen LogP contribution < -0.4 is 10.5 Å². The summed E-state index contributed by atoms with van der Waals surface area (Å²) < 4.78 is 18.6. The molecule has 94 valence electrons. The predicted molar refractivity (Wildman–Crippen MR) is 62.8 cm³/mol. The summed E-state index contributed by atoms with van der Waals surface area (Å²) >= 11 is 0.